The van der Waals surface area contributed by atoms with Crippen LogP contribution < -0.4 is 4.74 Å². The van der Waals surface area contributed by atoms with Gasteiger partial charge in [0.05, 0.1) is 6.54 Å². The number of ether oxygens (including phenoxy) is 1. The predicted octanol–water partition coefficient (Wildman–Crippen LogP) is 8.40. The molecule has 0 saturated carbocycles. The van der Waals surface area contributed by atoms with Gasteiger partial charge in [-0.1, -0.05) is 56.9 Å². The van der Waals surface area contributed by atoms with Crippen LogP contribution in [0.15, 0.2) is 67.3 Å². The van der Waals surface area contributed by atoms with Crippen LogP contribution in [0.3, 0.4) is 0 Å². The molecule has 0 saturated heterocycles. The quantitative estimate of drug-likeness (QED) is 0.209. The number of alkyl halides is 3. The Kier molecular flexibility index (Phi) is 9.01. The number of fused-ring (bicyclic) bond motifs is 1. The monoisotopic (exact) mass is 472 g/mol. The summed E-state index contributed by atoms with van der Waals surface area (Å²) in [6.07, 6.45) is 1.97. The van der Waals surface area contributed by atoms with Crippen LogP contribution in [0, 0.1) is 11.2 Å². The maximum absolute atomic E-state index is 14.4. The molecule has 180 valence electrons. The largest absolute Gasteiger partial charge is 0.573 e. The Hall–Kier alpha value is -3.61. The van der Waals surface area contributed by atoms with E-state index >= 15 is 0 Å². The number of halogens is 4. The minimum absolute atomic E-state index is 0.137. The molecule has 0 spiro atoms. The molecule has 0 amide bonds. The van der Waals surface area contributed by atoms with Gasteiger partial charge in [0.25, 0.3) is 0 Å². The number of benzene rings is 2. The van der Waals surface area contributed by atoms with Crippen molar-refractivity contribution in [1.82, 2.24) is 4.57 Å². The van der Waals surface area contributed by atoms with Gasteiger partial charge < -0.3 is 14.7 Å². The normalized spacial score (nSPS) is 11.9. The highest BCUT2D eigenvalue weighted by Crippen LogP contribution is 2.37. The third-order valence-electron chi connectivity index (χ3n) is 4.92. The maximum atomic E-state index is 14.4. The highest BCUT2D eigenvalue weighted by atomic mass is 19.4. The van der Waals surface area contributed by atoms with Crippen molar-refractivity contribution in [2.75, 3.05) is 0 Å². The van der Waals surface area contributed by atoms with Crippen molar-refractivity contribution < 1.29 is 22.3 Å². The zero-order valence-corrected chi connectivity index (χ0v) is 19.6. The smallest absolute Gasteiger partial charge is 0.406 e. The van der Waals surface area contributed by atoms with Gasteiger partial charge in [0.1, 0.15) is 11.6 Å². The van der Waals surface area contributed by atoms with E-state index < -0.39 is 12.2 Å². The van der Waals surface area contributed by atoms with Crippen LogP contribution in [0.1, 0.15) is 44.5 Å². The van der Waals surface area contributed by atoms with E-state index in [1.165, 1.54) is 24.3 Å². The van der Waals surface area contributed by atoms with Gasteiger partial charge in [0, 0.05) is 39.0 Å². The number of hydrogen-bond acceptors (Lipinski definition) is 2. The molecule has 3 nitrogen and oxygen atoms in total. The van der Waals surface area contributed by atoms with E-state index in [1.807, 2.05) is 20.8 Å². The Morgan fingerprint density at radius 2 is 1.82 bits per heavy atom. The van der Waals surface area contributed by atoms with Crippen molar-refractivity contribution in [3.05, 3.63) is 89.9 Å². The molecule has 0 aliphatic rings. The second-order valence-electron chi connectivity index (χ2n) is 7.10. The minimum atomic E-state index is -4.84. The molecule has 3 aromatic rings. The average Bonchev–Trinajstić information content (AvgIpc) is 3.08. The van der Waals surface area contributed by atoms with Gasteiger partial charge in [-0.3, -0.25) is 0 Å². The fourth-order valence-electron chi connectivity index (χ4n) is 3.60. The minimum Gasteiger partial charge on any atom is -0.406 e. The van der Waals surface area contributed by atoms with Crippen LogP contribution in [-0.2, 0) is 6.54 Å². The van der Waals surface area contributed by atoms with E-state index in [4.69, 9.17) is 5.41 Å². The Bertz CT molecular complexity index is 1230. The Morgan fingerprint density at radius 3 is 2.38 bits per heavy atom. The molecule has 1 heterocycles. The second kappa shape index (κ2) is 11.5. The molecule has 0 aliphatic carbocycles. The van der Waals surface area contributed by atoms with Crippen molar-refractivity contribution in [3.63, 3.8) is 0 Å². The van der Waals surface area contributed by atoms with E-state index in [0.717, 1.165) is 0 Å². The first kappa shape index (κ1) is 26.6. The van der Waals surface area contributed by atoms with Gasteiger partial charge >= 0.3 is 6.36 Å². The fourth-order valence-corrected chi connectivity index (χ4v) is 3.60. The summed E-state index contributed by atoms with van der Waals surface area (Å²) in [6, 6.07) is 10.3. The van der Waals surface area contributed by atoms with Crippen LogP contribution in [0.5, 0.6) is 5.75 Å². The third kappa shape index (κ3) is 6.04. The lowest BCUT2D eigenvalue weighted by molar-refractivity contribution is -0.274. The first-order chi connectivity index (χ1) is 16.2. The maximum Gasteiger partial charge on any atom is 0.573 e. The molecular formula is C27H28F4N2O. The number of nitrogens with zero attached hydrogens (tertiary/aromatic N) is 1. The number of allylic oxidation sites excluding steroid dienone is 4. The molecule has 7 heteroatoms. The van der Waals surface area contributed by atoms with E-state index in [1.54, 1.807) is 54.0 Å². The van der Waals surface area contributed by atoms with Crippen LogP contribution in [0.25, 0.3) is 22.6 Å². The van der Waals surface area contributed by atoms with Crippen molar-refractivity contribution in [1.29, 1.82) is 5.41 Å². The van der Waals surface area contributed by atoms with Gasteiger partial charge in [-0.2, -0.15) is 0 Å². The highest BCUT2D eigenvalue weighted by Gasteiger charge is 2.31. The molecule has 0 bridgehead atoms. The lowest BCUT2D eigenvalue weighted by Crippen LogP contribution is -2.17. The van der Waals surface area contributed by atoms with Crippen LogP contribution in [0.2, 0.25) is 0 Å². The molecular weight excluding hydrogens is 444 g/mol. The van der Waals surface area contributed by atoms with Crippen LogP contribution >= 0.6 is 0 Å². The molecule has 0 fully saturated rings. The Balaban J connectivity index is 0.00000199. The third-order valence-corrected chi connectivity index (χ3v) is 4.92. The van der Waals surface area contributed by atoms with E-state index in [-0.39, 0.29) is 18.0 Å². The molecule has 0 atom stereocenters. The van der Waals surface area contributed by atoms with Crippen LogP contribution in [-0.4, -0.2) is 16.6 Å². The van der Waals surface area contributed by atoms with E-state index in [9.17, 15) is 17.6 Å². The summed E-state index contributed by atoms with van der Waals surface area (Å²) in [5, 5.41) is 8.70. The summed E-state index contributed by atoms with van der Waals surface area (Å²) in [4.78, 5) is 0. The zero-order chi connectivity index (χ0) is 25.5. The molecule has 0 unspecified atom stereocenters. The average molecular weight is 473 g/mol. The zero-order valence-electron chi connectivity index (χ0n) is 19.6. The Labute approximate surface area is 197 Å². The second-order valence-corrected chi connectivity index (χ2v) is 7.10. The molecule has 0 radical (unpaired) electrons. The Morgan fingerprint density at radius 1 is 1.15 bits per heavy atom. The highest BCUT2D eigenvalue weighted by molar-refractivity contribution is 6.25. The number of rotatable bonds is 7. The van der Waals surface area contributed by atoms with Gasteiger partial charge in [-0.05, 0) is 44.2 Å². The number of hydrogen-bond donors (Lipinski definition) is 1. The van der Waals surface area contributed by atoms with Gasteiger partial charge in [0.2, 0.25) is 0 Å². The summed E-state index contributed by atoms with van der Waals surface area (Å²) in [6.45, 7) is 11.4. The first-order valence-electron chi connectivity index (χ1n) is 10.8. The molecule has 1 aromatic heterocycles. The molecule has 34 heavy (non-hydrogen) atoms. The SMILES string of the molecule is C=Cc1c(/C(=C/C=C\C)C(C)=N)c2cc(OC(F)(F)F)ccc2n1Cc1ccccc1F.CC. The van der Waals surface area contributed by atoms with E-state index in [0.29, 0.717) is 33.3 Å². The van der Waals surface area contributed by atoms with Crippen LogP contribution in [0.4, 0.5) is 17.6 Å². The molecule has 2 aromatic carbocycles. The van der Waals surface area contributed by atoms with Crippen molar-refractivity contribution >= 4 is 28.3 Å². The predicted molar refractivity (Wildman–Crippen MR) is 132 cm³/mol. The summed E-state index contributed by atoms with van der Waals surface area (Å²) >= 11 is 0. The molecule has 3 rings (SSSR count). The van der Waals surface area contributed by atoms with E-state index in [2.05, 4.69) is 11.3 Å². The van der Waals surface area contributed by atoms with Gasteiger partial charge in [-0.25, -0.2) is 4.39 Å². The van der Waals surface area contributed by atoms with Crippen molar-refractivity contribution in [3.8, 4) is 5.75 Å². The van der Waals surface area contributed by atoms with Crippen molar-refractivity contribution in [2.24, 2.45) is 0 Å². The first-order valence-corrected chi connectivity index (χ1v) is 10.8. The van der Waals surface area contributed by atoms with Crippen molar-refractivity contribution in [2.45, 2.75) is 40.6 Å². The number of aromatic nitrogens is 1. The molecule has 1 N–H and O–H groups in total. The standard InChI is InChI=1S/C25H22F4N2O.C2H6/c1-4-6-10-19(16(3)30)24-20-14-18(32-25(27,28)29)12-13-23(20)31(22(24)5-2)15-17-9-7-8-11-21(17)26;1-2/h4-14,30H,2,15H2,1,3H3;1-2H3/b6-4-,19-10+,30-16?;. The summed E-state index contributed by atoms with van der Waals surface area (Å²) in [5.74, 6) is -0.770. The van der Waals surface area contributed by atoms with Gasteiger partial charge in [0.15, 0.2) is 0 Å². The lowest BCUT2D eigenvalue weighted by atomic mass is 9.97. The summed E-state index contributed by atoms with van der Waals surface area (Å²) in [7, 11) is 0. The fraction of sp³-hybridized carbons (Fsp3) is 0.222. The topological polar surface area (TPSA) is 38.0 Å². The molecule has 0 aliphatic heterocycles. The number of nitrogens with one attached hydrogen (secondary N) is 1. The lowest BCUT2D eigenvalue weighted by Gasteiger charge is -2.11. The summed E-state index contributed by atoms with van der Waals surface area (Å²) in [5.41, 5.74) is 2.82. The van der Waals surface area contributed by atoms with Gasteiger partial charge in [-0.15, -0.1) is 13.2 Å². The summed E-state index contributed by atoms with van der Waals surface area (Å²) < 4.78 is 58.8.